The zero-order chi connectivity index (χ0) is 20.1. The van der Waals surface area contributed by atoms with Crippen molar-refractivity contribution >= 4 is 11.6 Å². The average Bonchev–Trinajstić information content (AvgIpc) is 3.22. The van der Waals surface area contributed by atoms with Crippen LogP contribution in [0.2, 0.25) is 0 Å². The molecule has 3 aromatic rings. The maximum atomic E-state index is 12.3. The normalized spacial score (nSPS) is 12.4. The Morgan fingerprint density at radius 2 is 1.90 bits per heavy atom. The highest BCUT2D eigenvalue weighted by Crippen LogP contribution is 2.32. The van der Waals surface area contributed by atoms with Gasteiger partial charge < -0.3 is 23.9 Å². The first kappa shape index (κ1) is 18.9. The monoisotopic (exact) mass is 394 g/mol. The fourth-order valence-electron chi connectivity index (χ4n) is 3.01. The summed E-state index contributed by atoms with van der Waals surface area (Å²) in [6.45, 7) is 3.61. The number of benzene rings is 2. The van der Waals surface area contributed by atoms with Crippen LogP contribution in [0, 0.1) is 0 Å². The van der Waals surface area contributed by atoms with E-state index >= 15 is 0 Å². The number of anilines is 1. The van der Waals surface area contributed by atoms with Gasteiger partial charge in [0.05, 0.1) is 12.8 Å². The van der Waals surface area contributed by atoms with Crippen LogP contribution in [0.4, 0.5) is 5.69 Å². The van der Waals surface area contributed by atoms with Gasteiger partial charge in [-0.1, -0.05) is 0 Å². The van der Waals surface area contributed by atoms with Crippen molar-refractivity contribution in [2.24, 2.45) is 0 Å². The highest BCUT2D eigenvalue weighted by atomic mass is 16.6. The van der Waals surface area contributed by atoms with Crippen molar-refractivity contribution < 1.29 is 23.4 Å². The van der Waals surface area contributed by atoms with Crippen LogP contribution in [0.1, 0.15) is 19.2 Å². The Morgan fingerprint density at radius 1 is 1.10 bits per heavy atom. The number of rotatable bonds is 7. The summed E-state index contributed by atoms with van der Waals surface area (Å²) < 4.78 is 22.2. The number of hydrogen-bond acceptors (Lipinski definition) is 6. The van der Waals surface area contributed by atoms with Crippen molar-refractivity contribution in [3.8, 4) is 28.6 Å². The molecular formula is C22H22N2O5. The van der Waals surface area contributed by atoms with Gasteiger partial charge in [-0.15, -0.1) is 0 Å². The molecule has 0 fully saturated rings. The maximum absolute atomic E-state index is 12.3. The second-order valence-corrected chi connectivity index (χ2v) is 6.48. The van der Waals surface area contributed by atoms with Gasteiger partial charge in [-0.2, -0.15) is 0 Å². The van der Waals surface area contributed by atoms with Crippen molar-refractivity contribution in [1.29, 1.82) is 0 Å². The molecule has 0 aliphatic carbocycles. The minimum atomic E-state index is -0.123. The highest BCUT2D eigenvalue weighted by Gasteiger charge is 2.14. The topological polar surface area (TPSA) is 82.8 Å². The smallest absolute Gasteiger partial charge is 0.224 e. The van der Waals surface area contributed by atoms with Crippen molar-refractivity contribution in [3.63, 3.8) is 0 Å². The number of nitrogens with one attached hydrogen (secondary N) is 1. The van der Waals surface area contributed by atoms with Gasteiger partial charge in [0.25, 0.3) is 0 Å². The number of carbonyl (C=O) groups excluding carboxylic acids is 1. The molecule has 150 valence electrons. The summed E-state index contributed by atoms with van der Waals surface area (Å²) in [5, 5.41) is 2.86. The molecule has 0 atom stereocenters. The van der Waals surface area contributed by atoms with Crippen molar-refractivity contribution in [1.82, 2.24) is 4.98 Å². The molecule has 1 aliphatic rings. The lowest BCUT2D eigenvalue weighted by Crippen LogP contribution is -2.16. The first-order valence-corrected chi connectivity index (χ1v) is 9.58. The standard InChI is InChI=1S/C22H22N2O5/c1-2-26-17-6-3-15(4-7-17)20-14-23-22(29-20)10-9-21(25)24-16-5-8-18-19(13-16)28-12-11-27-18/h3-8,13-14H,2,9-12H2,1H3,(H,24,25). The Balaban J connectivity index is 1.32. The molecular weight excluding hydrogens is 372 g/mol. The van der Waals surface area contributed by atoms with E-state index in [2.05, 4.69) is 10.3 Å². The predicted molar refractivity (Wildman–Crippen MR) is 107 cm³/mol. The Kier molecular flexibility index (Phi) is 5.65. The number of carbonyl (C=O) groups is 1. The van der Waals surface area contributed by atoms with Crippen LogP contribution in [0.25, 0.3) is 11.3 Å². The third kappa shape index (κ3) is 4.68. The molecule has 0 unspecified atom stereocenters. The zero-order valence-corrected chi connectivity index (χ0v) is 16.1. The Bertz CT molecular complexity index is 981. The molecule has 1 aliphatic heterocycles. The third-order valence-corrected chi connectivity index (χ3v) is 4.40. The number of ether oxygens (including phenoxy) is 3. The van der Waals surface area contributed by atoms with E-state index in [4.69, 9.17) is 18.6 Å². The molecule has 29 heavy (non-hydrogen) atoms. The van der Waals surface area contributed by atoms with Gasteiger partial charge in [-0.3, -0.25) is 4.79 Å². The molecule has 1 aromatic heterocycles. The lowest BCUT2D eigenvalue weighted by atomic mass is 10.2. The fraction of sp³-hybridized carbons (Fsp3) is 0.273. The van der Waals surface area contributed by atoms with Crippen LogP contribution in [-0.2, 0) is 11.2 Å². The summed E-state index contributed by atoms with van der Waals surface area (Å²) in [4.78, 5) is 16.5. The van der Waals surface area contributed by atoms with Crippen LogP contribution < -0.4 is 19.5 Å². The molecule has 1 amide bonds. The van der Waals surface area contributed by atoms with Gasteiger partial charge in [-0.05, 0) is 43.3 Å². The molecule has 0 saturated heterocycles. The molecule has 4 rings (SSSR count). The molecule has 0 saturated carbocycles. The second kappa shape index (κ2) is 8.68. The minimum Gasteiger partial charge on any atom is -0.494 e. The summed E-state index contributed by atoms with van der Waals surface area (Å²) in [6.07, 6.45) is 2.34. The molecule has 0 spiro atoms. The van der Waals surface area contributed by atoms with Gasteiger partial charge >= 0.3 is 0 Å². The lowest BCUT2D eigenvalue weighted by Gasteiger charge is -2.18. The first-order chi connectivity index (χ1) is 14.2. The minimum absolute atomic E-state index is 0.123. The van der Waals surface area contributed by atoms with E-state index in [0.29, 0.717) is 55.1 Å². The Hall–Kier alpha value is -3.48. The van der Waals surface area contributed by atoms with Crippen LogP contribution in [0.15, 0.2) is 53.1 Å². The summed E-state index contributed by atoms with van der Waals surface area (Å²) in [5.41, 5.74) is 1.58. The van der Waals surface area contributed by atoms with Crippen molar-refractivity contribution in [3.05, 3.63) is 54.6 Å². The number of oxazole rings is 1. The largest absolute Gasteiger partial charge is 0.494 e. The van der Waals surface area contributed by atoms with Crippen LogP contribution >= 0.6 is 0 Å². The molecule has 0 bridgehead atoms. The zero-order valence-electron chi connectivity index (χ0n) is 16.1. The van der Waals surface area contributed by atoms with Crippen LogP contribution in [0.3, 0.4) is 0 Å². The summed E-state index contributed by atoms with van der Waals surface area (Å²) in [7, 11) is 0. The number of fused-ring (bicyclic) bond motifs is 1. The number of aryl methyl sites for hydroxylation is 1. The molecule has 7 heteroatoms. The number of hydrogen-bond donors (Lipinski definition) is 1. The average molecular weight is 394 g/mol. The van der Waals surface area contributed by atoms with Gasteiger partial charge in [0.15, 0.2) is 23.1 Å². The van der Waals surface area contributed by atoms with E-state index in [9.17, 15) is 4.79 Å². The summed E-state index contributed by atoms with van der Waals surface area (Å²) in [5.74, 6) is 3.20. The SMILES string of the molecule is CCOc1ccc(-c2cnc(CCC(=O)Nc3ccc4c(c3)OCCO4)o2)cc1. The van der Waals surface area contributed by atoms with E-state index < -0.39 is 0 Å². The van der Waals surface area contributed by atoms with Gasteiger partial charge in [-0.25, -0.2) is 4.98 Å². The highest BCUT2D eigenvalue weighted by molar-refractivity contribution is 5.91. The predicted octanol–water partition coefficient (Wildman–Crippen LogP) is 4.08. The van der Waals surface area contributed by atoms with Crippen molar-refractivity contribution in [2.45, 2.75) is 19.8 Å². The lowest BCUT2D eigenvalue weighted by molar-refractivity contribution is -0.116. The van der Waals surface area contributed by atoms with Gasteiger partial charge in [0.1, 0.15) is 19.0 Å². The van der Waals surface area contributed by atoms with Gasteiger partial charge in [0.2, 0.25) is 5.91 Å². The van der Waals surface area contributed by atoms with E-state index in [1.165, 1.54) is 0 Å². The maximum Gasteiger partial charge on any atom is 0.224 e. The summed E-state index contributed by atoms with van der Waals surface area (Å²) >= 11 is 0. The quantitative estimate of drug-likeness (QED) is 0.650. The van der Waals surface area contributed by atoms with Gasteiger partial charge in [0, 0.05) is 30.2 Å². The molecule has 1 N–H and O–H groups in total. The second-order valence-electron chi connectivity index (χ2n) is 6.48. The number of nitrogens with zero attached hydrogens (tertiary/aromatic N) is 1. The molecule has 0 radical (unpaired) electrons. The molecule has 7 nitrogen and oxygen atoms in total. The summed E-state index contributed by atoms with van der Waals surface area (Å²) in [6, 6.07) is 13.0. The van der Waals surface area contributed by atoms with Crippen LogP contribution in [-0.4, -0.2) is 30.7 Å². The van der Waals surface area contributed by atoms with Crippen LogP contribution in [0.5, 0.6) is 17.2 Å². The number of amides is 1. The molecule has 2 heterocycles. The first-order valence-electron chi connectivity index (χ1n) is 9.58. The van der Waals surface area contributed by atoms with E-state index in [-0.39, 0.29) is 12.3 Å². The van der Waals surface area contributed by atoms with E-state index in [1.54, 1.807) is 24.4 Å². The third-order valence-electron chi connectivity index (χ3n) is 4.40. The van der Waals surface area contributed by atoms with Crippen molar-refractivity contribution in [2.75, 3.05) is 25.1 Å². The fourth-order valence-corrected chi connectivity index (χ4v) is 3.01. The van der Waals surface area contributed by atoms with E-state index in [0.717, 1.165) is 11.3 Å². The molecule has 2 aromatic carbocycles. The Morgan fingerprint density at radius 3 is 2.69 bits per heavy atom. The Labute approximate surface area is 168 Å². The number of aromatic nitrogens is 1. The van der Waals surface area contributed by atoms with E-state index in [1.807, 2.05) is 31.2 Å².